The van der Waals surface area contributed by atoms with E-state index in [4.69, 9.17) is 5.73 Å². The summed E-state index contributed by atoms with van der Waals surface area (Å²) in [6.07, 6.45) is 0. The van der Waals surface area contributed by atoms with Gasteiger partial charge in [-0.15, -0.1) is 0 Å². The summed E-state index contributed by atoms with van der Waals surface area (Å²) >= 11 is 0. The molecule has 1 unspecified atom stereocenters. The molecule has 29 heavy (non-hydrogen) atoms. The molecule has 1 aliphatic heterocycles. The molecule has 5 heteroatoms. The number of anilines is 1. The van der Waals surface area contributed by atoms with Crippen LogP contribution in [0.25, 0.3) is 11.1 Å². The highest BCUT2D eigenvalue weighted by atomic mass is 16.2. The number of hydrogen-bond donors (Lipinski definition) is 1. The molecule has 1 atom stereocenters. The number of nitrogens with two attached hydrogens (primary N) is 1. The zero-order valence-corrected chi connectivity index (χ0v) is 16.8. The smallest absolute Gasteiger partial charge is 0.266 e. The van der Waals surface area contributed by atoms with Crippen LogP contribution in [0.3, 0.4) is 0 Å². The van der Waals surface area contributed by atoms with Gasteiger partial charge < -0.3 is 10.6 Å². The van der Waals surface area contributed by atoms with Crippen molar-refractivity contribution in [1.29, 1.82) is 0 Å². The van der Waals surface area contributed by atoms with Crippen molar-refractivity contribution in [3.63, 3.8) is 0 Å². The maximum absolute atomic E-state index is 13.3. The Bertz CT molecular complexity index is 1070. The van der Waals surface area contributed by atoms with Crippen molar-refractivity contribution in [3.05, 3.63) is 90.0 Å². The summed E-state index contributed by atoms with van der Waals surface area (Å²) in [4.78, 5) is 21.5. The van der Waals surface area contributed by atoms with Crippen molar-refractivity contribution >= 4 is 17.6 Å². The molecule has 0 bridgehead atoms. The zero-order chi connectivity index (χ0) is 20.6. The van der Waals surface area contributed by atoms with E-state index in [9.17, 15) is 4.79 Å². The molecule has 1 amide bonds. The number of guanidine groups is 1. The highest BCUT2D eigenvalue weighted by molar-refractivity contribution is 6.09. The molecule has 146 valence electrons. The van der Waals surface area contributed by atoms with Gasteiger partial charge in [0.2, 0.25) is 0 Å². The summed E-state index contributed by atoms with van der Waals surface area (Å²) in [6.45, 7) is 0. The fourth-order valence-electron chi connectivity index (χ4n) is 3.74. The standard InChI is InChI=1S/C24H24N4O/c1-27(2)21-14-12-17(13-15-21)18-8-7-11-20(16-18)24(19-9-5-4-6-10-19)22(29)28(3)23(25)26-24/h4-16H,1-3H3,(H2,25,26). The Morgan fingerprint density at radius 3 is 2.10 bits per heavy atom. The maximum Gasteiger partial charge on any atom is 0.266 e. The van der Waals surface area contributed by atoms with E-state index in [1.54, 1.807) is 7.05 Å². The van der Waals surface area contributed by atoms with Crippen molar-refractivity contribution < 1.29 is 4.79 Å². The topological polar surface area (TPSA) is 61.9 Å². The van der Waals surface area contributed by atoms with Crippen molar-refractivity contribution in [2.75, 3.05) is 26.0 Å². The van der Waals surface area contributed by atoms with E-state index < -0.39 is 5.54 Å². The average Bonchev–Trinajstić information content (AvgIpc) is 2.99. The molecule has 0 saturated carbocycles. The van der Waals surface area contributed by atoms with Gasteiger partial charge >= 0.3 is 0 Å². The lowest BCUT2D eigenvalue weighted by Crippen LogP contribution is -2.41. The quantitative estimate of drug-likeness (QED) is 0.749. The Morgan fingerprint density at radius 2 is 1.52 bits per heavy atom. The van der Waals surface area contributed by atoms with Crippen LogP contribution in [-0.4, -0.2) is 37.9 Å². The molecule has 3 aromatic rings. The predicted molar refractivity (Wildman–Crippen MR) is 118 cm³/mol. The Hall–Kier alpha value is -3.60. The number of nitrogens with zero attached hydrogens (tertiary/aromatic N) is 3. The fraction of sp³-hybridized carbons (Fsp3) is 0.167. The van der Waals surface area contributed by atoms with Gasteiger partial charge in [-0.3, -0.25) is 9.69 Å². The molecule has 0 aliphatic carbocycles. The molecule has 4 rings (SSSR count). The lowest BCUT2D eigenvalue weighted by molar-refractivity contribution is -0.129. The van der Waals surface area contributed by atoms with Crippen molar-refractivity contribution in [2.45, 2.75) is 5.54 Å². The molecular weight excluding hydrogens is 360 g/mol. The van der Waals surface area contributed by atoms with Crippen LogP contribution in [-0.2, 0) is 10.3 Å². The molecule has 2 N–H and O–H groups in total. The van der Waals surface area contributed by atoms with Crippen LogP contribution in [0.4, 0.5) is 5.69 Å². The number of likely N-dealkylation sites (N-methyl/N-ethyl adjacent to an activating group) is 1. The van der Waals surface area contributed by atoms with Crippen LogP contribution in [0.15, 0.2) is 83.9 Å². The molecule has 0 fully saturated rings. The van der Waals surface area contributed by atoms with E-state index in [2.05, 4.69) is 34.2 Å². The van der Waals surface area contributed by atoms with Crippen molar-refractivity contribution in [2.24, 2.45) is 10.7 Å². The van der Waals surface area contributed by atoms with Gasteiger partial charge in [-0.05, 0) is 40.5 Å². The number of carbonyl (C=O) groups is 1. The predicted octanol–water partition coefficient (Wildman–Crippen LogP) is 3.45. The first kappa shape index (κ1) is 18.7. The van der Waals surface area contributed by atoms with Crippen molar-refractivity contribution in [3.8, 4) is 11.1 Å². The molecular formula is C24H24N4O. The maximum atomic E-state index is 13.3. The molecule has 0 saturated heterocycles. The monoisotopic (exact) mass is 384 g/mol. The molecule has 0 spiro atoms. The van der Waals surface area contributed by atoms with Gasteiger partial charge in [-0.25, -0.2) is 4.99 Å². The van der Waals surface area contributed by atoms with Crippen LogP contribution < -0.4 is 10.6 Å². The Kier molecular flexibility index (Phi) is 4.59. The second-order valence-electron chi connectivity index (χ2n) is 7.43. The highest BCUT2D eigenvalue weighted by Crippen LogP contribution is 2.40. The number of rotatable bonds is 4. The first-order valence-electron chi connectivity index (χ1n) is 9.51. The minimum Gasteiger partial charge on any atom is -0.378 e. The second kappa shape index (κ2) is 7.09. The number of hydrogen-bond acceptors (Lipinski definition) is 4. The van der Waals surface area contributed by atoms with Crippen LogP contribution in [0, 0.1) is 0 Å². The minimum atomic E-state index is -1.17. The third-order valence-electron chi connectivity index (χ3n) is 5.43. The van der Waals surface area contributed by atoms with E-state index in [1.165, 1.54) is 4.90 Å². The summed E-state index contributed by atoms with van der Waals surface area (Å²) in [5, 5.41) is 0. The molecule has 0 aromatic heterocycles. The number of aliphatic imine (C=N–C) groups is 1. The molecule has 5 nitrogen and oxygen atoms in total. The number of amides is 1. The van der Waals surface area contributed by atoms with E-state index in [1.807, 2.05) is 68.7 Å². The highest BCUT2D eigenvalue weighted by Gasteiger charge is 2.49. The van der Waals surface area contributed by atoms with Crippen LogP contribution in [0.5, 0.6) is 0 Å². The third kappa shape index (κ3) is 3.05. The van der Waals surface area contributed by atoms with Gasteiger partial charge in [-0.2, -0.15) is 0 Å². The first-order valence-corrected chi connectivity index (χ1v) is 9.51. The Morgan fingerprint density at radius 1 is 0.862 bits per heavy atom. The van der Waals surface area contributed by atoms with Gasteiger partial charge in [0, 0.05) is 26.8 Å². The summed E-state index contributed by atoms with van der Waals surface area (Å²) in [5.41, 5.74) is 9.74. The van der Waals surface area contributed by atoms with Crippen LogP contribution >= 0.6 is 0 Å². The molecule has 3 aromatic carbocycles. The molecule has 1 aliphatic rings. The first-order chi connectivity index (χ1) is 13.9. The Balaban J connectivity index is 1.86. The summed E-state index contributed by atoms with van der Waals surface area (Å²) in [6, 6.07) is 25.9. The van der Waals surface area contributed by atoms with Crippen LogP contribution in [0.1, 0.15) is 11.1 Å². The normalized spacial score (nSPS) is 18.7. The minimum absolute atomic E-state index is 0.152. The third-order valence-corrected chi connectivity index (χ3v) is 5.43. The summed E-state index contributed by atoms with van der Waals surface area (Å²) < 4.78 is 0. The van der Waals surface area contributed by atoms with E-state index in [0.29, 0.717) is 0 Å². The van der Waals surface area contributed by atoms with Crippen molar-refractivity contribution in [1.82, 2.24) is 4.90 Å². The molecule has 0 radical (unpaired) electrons. The van der Waals surface area contributed by atoms with Gasteiger partial charge in [0.25, 0.3) is 5.91 Å². The Labute approximate surface area is 171 Å². The number of benzene rings is 3. The van der Waals surface area contributed by atoms with E-state index in [-0.39, 0.29) is 11.9 Å². The summed E-state index contributed by atoms with van der Waals surface area (Å²) in [5.74, 6) is 0.0703. The van der Waals surface area contributed by atoms with E-state index >= 15 is 0 Å². The largest absolute Gasteiger partial charge is 0.378 e. The SMILES string of the molecule is CN1C(=O)C(c2ccccc2)(c2cccc(-c3ccc(N(C)C)cc3)c2)N=C1N. The van der Waals surface area contributed by atoms with Gasteiger partial charge in [0.15, 0.2) is 11.5 Å². The lowest BCUT2D eigenvalue weighted by atomic mass is 9.82. The van der Waals surface area contributed by atoms with E-state index in [0.717, 1.165) is 27.9 Å². The average molecular weight is 384 g/mol. The summed E-state index contributed by atoms with van der Waals surface area (Å²) in [7, 11) is 5.70. The lowest BCUT2D eigenvalue weighted by Gasteiger charge is -2.26. The fourth-order valence-corrected chi connectivity index (χ4v) is 3.74. The van der Waals surface area contributed by atoms with Crippen LogP contribution in [0.2, 0.25) is 0 Å². The van der Waals surface area contributed by atoms with Gasteiger partial charge in [0.05, 0.1) is 0 Å². The second-order valence-corrected chi connectivity index (χ2v) is 7.43. The zero-order valence-electron chi connectivity index (χ0n) is 16.8. The molecule has 1 heterocycles. The number of carbonyl (C=O) groups excluding carboxylic acids is 1. The van der Waals surface area contributed by atoms with Gasteiger partial charge in [-0.1, -0.05) is 60.7 Å². The van der Waals surface area contributed by atoms with Gasteiger partial charge in [0.1, 0.15) is 0 Å².